The first-order chi connectivity index (χ1) is 14.7. The minimum Gasteiger partial charge on any atom is -1.00 e. The normalized spacial score (nSPS) is 11.9. The van der Waals surface area contributed by atoms with Gasteiger partial charge in [0.2, 0.25) is 0 Å². The van der Waals surface area contributed by atoms with Crippen molar-refractivity contribution in [1.29, 1.82) is 0 Å². The summed E-state index contributed by atoms with van der Waals surface area (Å²) in [5.74, 6) is 0. The molecule has 0 heterocycles. The van der Waals surface area contributed by atoms with Gasteiger partial charge in [0.1, 0.15) is 13.1 Å². The van der Waals surface area contributed by atoms with Crippen molar-refractivity contribution in [1.82, 2.24) is 0 Å². The van der Waals surface area contributed by atoms with E-state index < -0.39 is 0 Å². The van der Waals surface area contributed by atoms with Crippen LogP contribution >= 0.6 is 0 Å². The zero-order valence-electron chi connectivity index (χ0n) is 21.1. The summed E-state index contributed by atoms with van der Waals surface area (Å²) in [6.07, 6.45) is 27.2. The van der Waals surface area contributed by atoms with Gasteiger partial charge in [-0.3, -0.25) is 0 Å². The van der Waals surface area contributed by atoms with Crippen LogP contribution in [-0.2, 0) is 0 Å². The lowest BCUT2D eigenvalue weighted by Gasteiger charge is -2.38. The Morgan fingerprint density at radius 1 is 0.484 bits per heavy atom. The average molecular weight is 554 g/mol. The molecule has 0 spiro atoms. The Hall–Kier alpha value is 0.350. The molecule has 0 aromatic rings. The van der Waals surface area contributed by atoms with Crippen LogP contribution in [0.3, 0.4) is 0 Å². The maximum atomic E-state index is 9.52. The monoisotopic (exact) mass is 553 g/mol. The molecule has 0 saturated carbocycles. The maximum absolute atomic E-state index is 9.52. The van der Waals surface area contributed by atoms with Crippen LogP contribution < -0.4 is 24.0 Å². The molecule has 0 unspecified atom stereocenters. The van der Waals surface area contributed by atoms with Gasteiger partial charge in [0, 0.05) is 0 Å². The highest BCUT2D eigenvalue weighted by molar-refractivity contribution is 4.81. The van der Waals surface area contributed by atoms with E-state index in [1.807, 2.05) is 0 Å². The lowest BCUT2D eigenvalue weighted by atomic mass is 10.1. The molecule has 0 saturated heterocycles. The van der Waals surface area contributed by atoms with Gasteiger partial charge in [0.15, 0.2) is 0 Å². The fraction of sp³-hybridized carbons (Fsp3) is 0.926. The summed E-state index contributed by atoms with van der Waals surface area (Å²) in [7, 11) is 0. The molecule has 0 bridgehead atoms. The Kier molecular flexibility index (Phi) is 28.8. The number of quaternary nitrogens is 1. The molecule has 0 amide bonds. The SMILES string of the molecule is CCCCCCCC/C=C\CCCCCCCC[N+](CCO)(CCO)CCCCC.[I-]. The summed E-state index contributed by atoms with van der Waals surface area (Å²) in [5.41, 5.74) is 0. The molecule has 0 rings (SSSR count). The van der Waals surface area contributed by atoms with E-state index in [1.165, 1.54) is 109 Å². The van der Waals surface area contributed by atoms with Gasteiger partial charge in [-0.05, 0) is 51.4 Å². The summed E-state index contributed by atoms with van der Waals surface area (Å²) in [5, 5.41) is 19.0. The molecule has 0 radical (unpaired) electrons. The van der Waals surface area contributed by atoms with E-state index in [9.17, 15) is 10.2 Å². The van der Waals surface area contributed by atoms with Crippen molar-refractivity contribution in [2.75, 3.05) is 39.4 Å². The van der Waals surface area contributed by atoms with Crippen LogP contribution in [0.4, 0.5) is 0 Å². The first kappa shape index (κ1) is 33.5. The summed E-state index contributed by atoms with van der Waals surface area (Å²) in [6, 6.07) is 0. The summed E-state index contributed by atoms with van der Waals surface area (Å²) in [4.78, 5) is 0. The molecule has 0 aromatic carbocycles. The van der Waals surface area contributed by atoms with Gasteiger partial charge in [0.05, 0.1) is 26.3 Å². The number of allylic oxidation sites excluding steroid dienone is 2. The van der Waals surface area contributed by atoms with Crippen LogP contribution in [0.1, 0.15) is 123 Å². The summed E-state index contributed by atoms with van der Waals surface area (Å²) in [6.45, 7) is 8.81. The van der Waals surface area contributed by atoms with Gasteiger partial charge < -0.3 is 38.7 Å². The third kappa shape index (κ3) is 21.9. The number of nitrogens with zero attached hydrogens (tertiary/aromatic N) is 1. The molecule has 31 heavy (non-hydrogen) atoms. The molecule has 0 aliphatic heterocycles. The Bertz CT molecular complexity index is 357. The largest absolute Gasteiger partial charge is 1.00 e. The van der Waals surface area contributed by atoms with Gasteiger partial charge in [-0.25, -0.2) is 0 Å². The minimum atomic E-state index is 0. The maximum Gasteiger partial charge on any atom is 0.102 e. The zero-order valence-corrected chi connectivity index (χ0v) is 23.3. The molecular formula is C27H56INO2. The standard InChI is InChI=1S/C27H56NO2.HI/c1-3-5-7-8-9-10-11-12-13-14-15-16-17-18-19-21-23-28(24-26-29,25-27-30)22-20-6-4-2;/h12-13,29-30H,3-11,14-27H2,1-2H3;1H/q+1;/p-1/b13-12-;. The van der Waals surface area contributed by atoms with E-state index in [0.29, 0.717) is 0 Å². The number of hydrogen-bond donors (Lipinski definition) is 2. The Balaban J connectivity index is 0. The van der Waals surface area contributed by atoms with E-state index in [-0.39, 0.29) is 37.2 Å². The topological polar surface area (TPSA) is 40.5 Å². The van der Waals surface area contributed by atoms with Crippen LogP contribution in [0.15, 0.2) is 12.2 Å². The number of rotatable bonds is 24. The van der Waals surface area contributed by atoms with E-state index in [2.05, 4.69) is 26.0 Å². The highest BCUT2D eigenvalue weighted by Crippen LogP contribution is 2.15. The van der Waals surface area contributed by atoms with Crippen molar-refractivity contribution in [2.24, 2.45) is 0 Å². The van der Waals surface area contributed by atoms with Crippen LogP contribution in [0.2, 0.25) is 0 Å². The number of unbranched alkanes of at least 4 members (excludes halogenated alkanes) is 14. The lowest BCUT2D eigenvalue weighted by Crippen LogP contribution is -3.00. The van der Waals surface area contributed by atoms with Gasteiger partial charge in [-0.15, -0.1) is 0 Å². The number of halogens is 1. The Morgan fingerprint density at radius 3 is 1.29 bits per heavy atom. The van der Waals surface area contributed by atoms with Gasteiger partial charge >= 0.3 is 0 Å². The predicted molar refractivity (Wildman–Crippen MR) is 133 cm³/mol. The summed E-state index contributed by atoms with van der Waals surface area (Å²) >= 11 is 0. The zero-order chi connectivity index (χ0) is 22.2. The number of aliphatic hydroxyl groups excluding tert-OH is 2. The molecule has 0 atom stereocenters. The lowest BCUT2D eigenvalue weighted by molar-refractivity contribution is -0.929. The van der Waals surface area contributed by atoms with Crippen LogP contribution in [-0.4, -0.2) is 54.1 Å². The van der Waals surface area contributed by atoms with Gasteiger partial charge in [-0.1, -0.05) is 83.8 Å². The molecule has 188 valence electrons. The first-order valence-corrected chi connectivity index (χ1v) is 13.5. The summed E-state index contributed by atoms with van der Waals surface area (Å²) < 4.78 is 0.913. The highest BCUT2D eigenvalue weighted by Gasteiger charge is 2.25. The fourth-order valence-corrected chi connectivity index (χ4v) is 4.49. The number of aliphatic hydroxyl groups is 2. The minimum absolute atomic E-state index is 0. The van der Waals surface area contributed by atoms with Crippen LogP contribution in [0.25, 0.3) is 0 Å². The second kappa shape index (κ2) is 26.6. The molecular weight excluding hydrogens is 497 g/mol. The van der Waals surface area contributed by atoms with E-state index in [4.69, 9.17) is 0 Å². The van der Waals surface area contributed by atoms with E-state index in [0.717, 1.165) is 30.7 Å². The molecule has 0 aliphatic carbocycles. The van der Waals surface area contributed by atoms with Crippen LogP contribution in [0.5, 0.6) is 0 Å². The number of hydrogen-bond acceptors (Lipinski definition) is 2. The van der Waals surface area contributed by atoms with Crippen molar-refractivity contribution >= 4 is 0 Å². The third-order valence-electron chi connectivity index (χ3n) is 6.53. The van der Waals surface area contributed by atoms with Gasteiger partial charge in [-0.2, -0.15) is 0 Å². The Labute approximate surface area is 212 Å². The molecule has 0 aromatic heterocycles. The van der Waals surface area contributed by atoms with E-state index >= 15 is 0 Å². The van der Waals surface area contributed by atoms with Crippen molar-refractivity contribution in [3.8, 4) is 0 Å². The van der Waals surface area contributed by atoms with Gasteiger partial charge in [0.25, 0.3) is 0 Å². The first-order valence-electron chi connectivity index (χ1n) is 13.5. The predicted octanol–water partition coefficient (Wildman–Crippen LogP) is 4.02. The van der Waals surface area contributed by atoms with Crippen molar-refractivity contribution in [3.63, 3.8) is 0 Å². The van der Waals surface area contributed by atoms with Crippen molar-refractivity contribution < 1.29 is 38.7 Å². The molecule has 3 nitrogen and oxygen atoms in total. The molecule has 4 heteroatoms. The smallest absolute Gasteiger partial charge is 0.102 e. The Morgan fingerprint density at radius 2 is 0.839 bits per heavy atom. The molecule has 0 fully saturated rings. The second-order valence-electron chi connectivity index (χ2n) is 9.33. The molecule has 2 N–H and O–H groups in total. The average Bonchev–Trinajstić information content (AvgIpc) is 2.74. The quantitative estimate of drug-likeness (QED) is 0.0821. The van der Waals surface area contributed by atoms with Crippen molar-refractivity contribution in [3.05, 3.63) is 12.2 Å². The fourth-order valence-electron chi connectivity index (χ4n) is 4.49. The highest BCUT2D eigenvalue weighted by atomic mass is 127. The van der Waals surface area contributed by atoms with E-state index in [1.54, 1.807) is 0 Å². The third-order valence-corrected chi connectivity index (χ3v) is 6.53. The second-order valence-corrected chi connectivity index (χ2v) is 9.33. The molecule has 0 aliphatic rings. The van der Waals surface area contributed by atoms with Crippen LogP contribution in [0, 0.1) is 0 Å². The van der Waals surface area contributed by atoms with Crippen molar-refractivity contribution in [2.45, 2.75) is 123 Å².